The summed E-state index contributed by atoms with van der Waals surface area (Å²) in [6, 6.07) is -0.557. The number of piperidine rings is 1. The van der Waals surface area contributed by atoms with Crippen LogP contribution >= 0.6 is 0 Å². The van der Waals surface area contributed by atoms with Crippen LogP contribution in [-0.2, 0) is 0 Å². The van der Waals surface area contributed by atoms with Gasteiger partial charge in [0.2, 0.25) is 5.71 Å². The summed E-state index contributed by atoms with van der Waals surface area (Å²) in [7, 11) is 0. The lowest BCUT2D eigenvalue weighted by molar-refractivity contribution is -0.546. The molecule has 1 aromatic rings. The number of nitrogens with zero attached hydrogens (tertiary/aromatic N) is 4. The first-order valence-electron chi connectivity index (χ1n) is 9.03. The lowest BCUT2D eigenvalue weighted by atomic mass is 10.0. The summed E-state index contributed by atoms with van der Waals surface area (Å²) in [5.74, 6) is 0.457. The van der Waals surface area contributed by atoms with E-state index in [9.17, 15) is 9.90 Å². The molecule has 1 atom stereocenters. The van der Waals surface area contributed by atoms with Crippen molar-refractivity contribution >= 4 is 29.0 Å². The molecule has 0 saturated carbocycles. The van der Waals surface area contributed by atoms with Crippen molar-refractivity contribution in [2.24, 2.45) is 10.7 Å². The van der Waals surface area contributed by atoms with Crippen LogP contribution in [-0.4, -0.2) is 56.1 Å². The van der Waals surface area contributed by atoms with Crippen molar-refractivity contribution in [3.05, 3.63) is 30.1 Å². The summed E-state index contributed by atoms with van der Waals surface area (Å²) < 4.78 is 3.76. The number of aliphatic hydroxyl groups is 1. The van der Waals surface area contributed by atoms with E-state index in [1.54, 1.807) is 17.0 Å². The molecule has 9 heteroatoms. The molecule has 0 aromatic carbocycles. The number of carbonyl (C=O) groups excluding carboxylic acids is 1. The van der Waals surface area contributed by atoms with E-state index in [4.69, 9.17) is 11.5 Å². The van der Waals surface area contributed by atoms with Crippen LogP contribution in [0.15, 0.2) is 35.1 Å². The Balaban J connectivity index is 1.97. The zero-order valence-corrected chi connectivity index (χ0v) is 15.6. The minimum atomic E-state index is -0.673. The second kappa shape index (κ2) is 7.75. The minimum absolute atomic E-state index is 0.116. The fourth-order valence-corrected chi connectivity index (χ4v) is 3.23. The summed E-state index contributed by atoms with van der Waals surface area (Å²) in [5, 5.41) is 16.8. The number of nitrogens with two attached hydrogens (primary N) is 2. The van der Waals surface area contributed by atoms with Gasteiger partial charge >= 0.3 is 6.03 Å². The molecule has 2 heterocycles. The van der Waals surface area contributed by atoms with Crippen molar-refractivity contribution in [1.82, 2.24) is 15.1 Å². The van der Waals surface area contributed by atoms with Crippen molar-refractivity contribution in [1.29, 1.82) is 0 Å². The topological polar surface area (TPSA) is 135 Å². The molecule has 6 N–H and O–H groups in total. The van der Waals surface area contributed by atoms with E-state index >= 15 is 0 Å². The number of urea groups is 1. The number of primary amides is 1. The molecular formula is C18H26N7O2+. The highest BCUT2D eigenvalue weighted by molar-refractivity contribution is 6.21. The Morgan fingerprint density at radius 1 is 1.48 bits per heavy atom. The number of rotatable bonds is 3. The number of amides is 2. The molecule has 27 heavy (non-hydrogen) atoms. The van der Waals surface area contributed by atoms with Gasteiger partial charge in [0.1, 0.15) is 24.2 Å². The fraction of sp³-hybridized carbons (Fsp3) is 0.444. The van der Waals surface area contributed by atoms with Crippen LogP contribution in [0.25, 0.3) is 0 Å². The summed E-state index contributed by atoms with van der Waals surface area (Å²) >= 11 is 0. The molecule has 0 spiro atoms. The van der Waals surface area contributed by atoms with Crippen LogP contribution in [0, 0.1) is 0 Å². The first-order chi connectivity index (χ1) is 12.8. The highest BCUT2D eigenvalue weighted by Gasteiger charge is 2.25. The molecule has 2 aliphatic rings. The van der Waals surface area contributed by atoms with Gasteiger partial charge in [0.05, 0.1) is 17.6 Å². The van der Waals surface area contributed by atoms with Crippen molar-refractivity contribution in [2.75, 3.05) is 18.8 Å². The molecule has 1 aliphatic carbocycles. The third kappa shape index (κ3) is 4.25. The highest BCUT2D eigenvalue weighted by atomic mass is 16.3. The maximum Gasteiger partial charge on any atom is 0.316 e. The van der Waals surface area contributed by atoms with Crippen LogP contribution in [0.2, 0.25) is 0 Å². The lowest BCUT2D eigenvalue weighted by Gasteiger charge is -2.18. The Morgan fingerprint density at radius 3 is 2.89 bits per heavy atom. The lowest BCUT2D eigenvalue weighted by Crippen LogP contribution is -2.37. The number of allylic oxidation sites excluding steroid dienone is 3. The van der Waals surface area contributed by atoms with Gasteiger partial charge in [-0.1, -0.05) is 0 Å². The number of aliphatic imine (C=N–C) groups is 1. The number of aliphatic hydroxyl groups excluding tert-OH is 1. The average molecular weight is 372 g/mol. The summed E-state index contributed by atoms with van der Waals surface area (Å²) in [5.41, 5.74) is 13.9. The summed E-state index contributed by atoms with van der Waals surface area (Å²) in [6.45, 7) is 5.36. The van der Waals surface area contributed by atoms with Gasteiger partial charge < -0.3 is 21.9 Å². The van der Waals surface area contributed by atoms with Crippen LogP contribution in [0.4, 0.5) is 16.3 Å². The Labute approximate surface area is 157 Å². The fourth-order valence-electron chi connectivity index (χ4n) is 3.23. The SMILES string of the molecule is CC(C)n1ncc(N=C2C=CC(=[N+]3CCCC(O)C3)C=C2NC(N)=O)c1N. The Bertz CT molecular complexity index is 861. The van der Waals surface area contributed by atoms with E-state index in [0.29, 0.717) is 29.5 Å². The van der Waals surface area contributed by atoms with Gasteiger partial charge in [-0.05, 0) is 26.3 Å². The second-order valence-electron chi connectivity index (χ2n) is 7.00. The quantitative estimate of drug-likeness (QED) is 0.462. The number of hydrogen-bond donors (Lipinski definition) is 4. The standard InChI is InChI=1S/C18H25N7O2/c1-11(2)25-17(19)16(9-21-25)22-14-6-5-12(8-15(14)23-18(20)27)24-7-3-4-13(26)10-24/h5-6,8-9,11,13,26H,3-4,7,10H2,1-2H3,(H4,19,20,21,23,27)/p+1. The second-order valence-corrected chi connectivity index (χ2v) is 7.00. The monoisotopic (exact) mass is 372 g/mol. The van der Waals surface area contributed by atoms with E-state index in [2.05, 4.69) is 20.0 Å². The Morgan fingerprint density at radius 2 is 2.26 bits per heavy atom. The number of nitrogens with one attached hydrogen (secondary N) is 1. The van der Waals surface area contributed by atoms with E-state index in [1.165, 1.54) is 0 Å². The molecule has 1 fully saturated rings. The molecule has 1 aromatic heterocycles. The van der Waals surface area contributed by atoms with Crippen LogP contribution < -0.4 is 16.8 Å². The number of carbonyl (C=O) groups is 1. The highest BCUT2D eigenvalue weighted by Crippen LogP contribution is 2.25. The first kappa shape index (κ1) is 18.8. The predicted octanol–water partition coefficient (Wildman–Crippen LogP) is 0.849. The first-order valence-corrected chi connectivity index (χ1v) is 9.03. The van der Waals surface area contributed by atoms with Gasteiger partial charge in [-0.3, -0.25) is 0 Å². The summed E-state index contributed by atoms with van der Waals surface area (Å²) in [4.78, 5) is 16.0. The van der Waals surface area contributed by atoms with Crippen molar-refractivity contribution in [3.8, 4) is 0 Å². The smallest absolute Gasteiger partial charge is 0.316 e. The summed E-state index contributed by atoms with van der Waals surface area (Å²) in [6.07, 6.45) is 8.48. The van der Waals surface area contributed by atoms with E-state index in [1.807, 2.05) is 26.0 Å². The van der Waals surface area contributed by atoms with Gasteiger partial charge in [-0.2, -0.15) is 5.10 Å². The molecule has 0 radical (unpaired) electrons. The predicted molar refractivity (Wildman–Crippen MR) is 104 cm³/mol. The molecular weight excluding hydrogens is 346 g/mol. The number of nitrogen functional groups attached to an aromatic ring is 1. The third-order valence-corrected chi connectivity index (χ3v) is 4.54. The number of hydrogen-bond acceptors (Lipinski definition) is 5. The molecule has 9 nitrogen and oxygen atoms in total. The van der Waals surface area contributed by atoms with Crippen molar-refractivity contribution in [3.63, 3.8) is 0 Å². The normalized spacial score (nSPS) is 24.4. The van der Waals surface area contributed by atoms with Gasteiger partial charge in [0.15, 0.2) is 6.54 Å². The largest absolute Gasteiger partial charge is 0.387 e. The van der Waals surface area contributed by atoms with E-state index in [-0.39, 0.29) is 12.1 Å². The zero-order valence-electron chi connectivity index (χ0n) is 15.6. The van der Waals surface area contributed by atoms with Crippen molar-refractivity contribution < 1.29 is 14.5 Å². The van der Waals surface area contributed by atoms with Crippen LogP contribution in [0.1, 0.15) is 32.7 Å². The molecule has 2 amide bonds. The van der Waals surface area contributed by atoms with Gasteiger partial charge in [-0.15, -0.1) is 0 Å². The van der Waals surface area contributed by atoms with Crippen LogP contribution in [0.3, 0.4) is 0 Å². The third-order valence-electron chi connectivity index (χ3n) is 4.54. The molecule has 1 aliphatic heterocycles. The van der Waals surface area contributed by atoms with Crippen LogP contribution in [0.5, 0.6) is 0 Å². The van der Waals surface area contributed by atoms with Crippen molar-refractivity contribution in [2.45, 2.75) is 38.8 Å². The number of anilines is 1. The molecule has 3 rings (SSSR count). The molecule has 1 unspecified atom stereocenters. The average Bonchev–Trinajstić information content (AvgIpc) is 2.97. The Hall–Kier alpha value is -2.94. The maximum absolute atomic E-state index is 11.4. The molecule has 0 bridgehead atoms. The van der Waals surface area contributed by atoms with E-state index < -0.39 is 6.03 Å². The van der Waals surface area contributed by atoms with Gasteiger partial charge in [0.25, 0.3) is 0 Å². The maximum atomic E-state index is 11.4. The minimum Gasteiger partial charge on any atom is -0.387 e. The van der Waals surface area contributed by atoms with Gasteiger partial charge in [0, 0.05) is 24.6 Å². The molecule has 1 saturated heterocycles. The molecule has 144 valence electrons. The number of β-amino-alcohol motifs (C(OH)–C–C–N with tert-alkyl or cyclic N) is 1. The number of aromatic nitrogens is 2. The zero-order chi connectivity index (χ0) is 19.6. The van der Waals surface area contributed by atoms with Gasteiger partial charge in [-0.25, -0.2) is 19.0 Å². The Kier molecular flexibility index (Phi) is 5.41. The van der Waals surface area contributed by atoms with E-state index in [0.717, 1.165) is 25.1 Å².